The Morgan fingerprint density at radius 3 is 2.15 bits per heavy atom. The van der Waals surface area contributed by atoms with Crippen LogP contribution in [0.4, 0.5) is 0 Å². The van der Waals surface area contributed by atoms with E-state index < -0.39 is 0 Å². The Balaban J connectivity index is 1.36. The predicted octanol–water partition coefficient (Wildman–Crippen LogP) is 6.58. The topological polar surface area (TPSA) is 43.8 Å². The number of phenolic OH excluding ortho intramolecular Hbond substituents is 1. The molecule has 198 valence electrons. The number of fused-ring (bicyclic) bond motifs is 2. The summed E-state index contributed by atoms with van der Waals surface area (Å²) in [5, 5.41) is 11.3. The van der Waals surface area contributed by atoms with Gasteiger partial charge in [0.2, 0.25) is 5.91 Å². The average Bonchev–Trinajstić information content (AvgIpc) is 3.40. The maximum absolute atomic E-state index is 14.5. The fourth-order valence-electron chi connectivity index (χ4n) is 6.40. The van der Waals surface area contributed by atoms with Gasteiger partial charge in [-0.05, 0) is 66.1 Å². The molecule has 0 saturated heterocycles. The molecule has 1 heterocycles. The number of hydrogen-bond donors (Lipinski definition) is 1. The van der Waals surface area contributed by atoms with Gasteiger partial charge in [-0.25, -0.2) is 0 Å². The van der Waals surface area contributed by atoms with Crippen LogP contribution in [0.1, 0.15) is 46.3 Å². The summed E-state index contributed by atoms with van der Waals surface area (Å²) in [6, 6.07) is 31.8. The zero-order chi connectivity index (χ0) is 26.9. The van der Waals surface area contributed by atoms with E-state index in [4.69, 9.17) is 11.6 Å². The number of halogens is 1. The van der Waals surface area contributed by atoms with Crippen molar-refractivity contribution in [3.8, 4) is 5.75 Å². The maximum atomic E-state index is 14.5. The van der Waals surface area contributed by atoms with E-state index in [-0.39, 0.29) is 29.8 Å². The van der Waals surface area contributed by atoms with Crippen LogP contribution in [0.2, 0.25) is 5.02 Å². The molecular formula is C34H33ClN2O2. The number of hydrogen-bond acceptors (Lipinski definition) is 3. The van der Waals surface area contributed by atoms with Gasteiger partial charge in [-0.2, -0.15) is 0 Å². The van der Waals surface area contributed by atoms with Crippen molar-refractivity contribution in [2.75, 3.05) is 6.54 Å². The highest BCUT2D eigenvalue weighted by Crippen LogP contribution is 2.40. The van der Waals surface area contributed by atoms with E-state index in [0.29, 0.717) is 11.6 Å². The zero-order valence-corrected chi connectivity index (χ0v) is 22.9. The summed E-state index contributed by atoms with van der Waals surface area (Å²) in [4.78, 5) is 18.9. The number of nitrogens with zero attached hydrogens (tertiary/aromatic N) is 2. The molecule has 1 aliphatic carbocycles. The minimum absolute atomic E-state index is 0.0350. The van der Waals surface area contributed by atoms with Gasteiger partial charge in [0.1, 0.15) is 5.75 Å². The lowest BCUT2D eigenvalue weighted by atomic mass is 9.87. The van der Waals surface area contributed by atoms with Gasteiger partial charge in [0.25, 0.3) is 0 Å². The SMILES string of the molecule is CC(C(=O)N(Cc1ccccc1O)C1Cc2ccccc2C1)N1CCc2ccccc2C1c1ccccc1Cl. The van der Waals surface area contributed by atoms with Crippen LogP contribution in [0.25, 0.3) is 0 Å². The fourth-order valence-corrected chi connectivity index (χ4v) is 6.64. The third-order valence-electron chi connectivity index (χ3n) is 8.46. The molecule has 2 unspecified atom stereocenters. The molecule has 4 aromatic rings. The van der Waals surface area contributed by atoms with Crippen molar-refractivity contribution in [3.05, 3.63) is 135 Å². The molecule has 1 N–H and O–H groups in total. The van der Waals surface area contributed by atoms with Gasteiger partial charge in [0.05, 0.1) is 12.1 Å². The molecule has 0 bridgehead atoms. The van der Waals surface area contributed by atoms with Crippen LogP contribution in [0.15, 0.2) is 97.1 Å². The molecule has 4 aromatic carbocycles. The van der Waals surface area contributed by atoms with Crippen molar-refractivity contribution >= 4 is 17.5 Å². The second-order valence-electron chi connectivity index (χ2n) is 10.7. The molecule has 5 heteroatoms. The smallest absolute Gasteiger partial charge is 0.240 e. The zero-order valence-electron chi connectivity index (χ0n) is 22.1. The van der Waals surface area contributed by atoms with Crippen LogP contribution in [-0.2, 0) is 30.6 Å². The number of carbonyl (C=O) groups excluding carboxylic acids is 1. The van der Waals surface area contributed by atoms with Gasteiger partial charge in [0, 0.05) is 29.7 Å². The highest BCUT2D eigenvalue weighted by molar-refractivity contribution is 6.31. The highest BCUT2D eigenvalue weighted by atomic mass is 35.5. The first-order valence-corrected chi connectivity index (χ1v) is 14.1. The maximum Gasteiger partial charge on any atom is 0.240 e. The largest absolute Gasteiger partial charge is 0.508 e. The van der Waals surface area contributed by atoms with Crippen LogP contribution in [-0.4, -0.2) is 39.4 Å². The lowest BCUT2D eigenvalue weighted by Gasteiger charge is -2.43. The van der Waals surface area contributed by atoms with Crippen LogP contribution in [0.5, 0.6) is 5.75 Å². The van der Waals surface area contributed by atoms with E-state index in [9.17, 15) is 9.90 Å². The predicted molar refractivity (Wildman–Crippen MR) is 156 cm³/mol. The molecular weight excluding hydrogens is 504 g/mol. The second-order valence-corrected chi connectivity index (χ2v) is 11.1. The number of rotatable bonds is 6. The molecule has 0 saturated carbocycles. The first-order valence-electron chi connectivity index (χ1n) is 13.7. The van der Waals surface area contributed by atoms with Gasteiger partial charge < -0.3 is 10.0 Å². The summed E-state index contributed by atoms with van der Waals surface area (Å²) < 4.78 is 0. The third kappa shape index (κ3) is 4.95. The van der Waals surface area contributed by atoms with E-state index in [1.165, 1.54) is 22.3 Å². The van der Waals surface area contributed by atoms with Gasteiger partial charge in [-0.1, -0.05) is 96.5 Å². The number of phenols is 1. The van der Waals surface area contributed by atoms with Crippen LogP contribution in [0, 0.1) is 0 Å². The summed E-state index contributed by atoms with van der Waals surface area (Å²) in [6.45, 7) is 3.16. The van der Waals surface area contributed by atoms with Gasteiger partial charge in [-0.15, -0.1) is 0 Å². The summed E-state index contributed by atoms with van der Waals surface area (Å²) in [5.41, 5.74) is 6.89. The molecule has 0 spiro atoms. The Labute approximate surface area is 235 Å². The summed E-state index contributed by atoms with van der Waals surface area (Å²) in [6.07, 6.45) is 2.51. The summed E-state index contributed by atoms with van der Waals surface area (Å²) in [7, 11) is 0. The van der Waals surface area contributed by atoms with Crippen LogP contribution in [0.3, 0.4) is 0 Å². The van der Waals surface area contributed by atoms with E-state index in [2.05, 4.69) is 59.5 Å². The summed E-state index contributed by atoms with van der Waals surface area (Å²) in [5.74, 6) is 0.298. The number of para-hydroxylation sites is 1. The quantitative estimate of drug-likeness (QED) is 0.303. The molecule has 0 aromatic heterocycles. The molecule has 39 heavy (non-hydrogen) atoms. The normalized spacial score (nSPS) is 17.8. The third-order valence-corrected chi connectivity index (χ3v) is 8.81. The fraction of sp³-hybridized carbons (Fsp3) is 0.265. The molecule has 0 radical (unpaired) electrons. The van der Waals surface area contributed by atoms with E-state index >= 15 is 0 Å². The highest BCUT2D eigenvalue weighted by Gasteiger charge is 2.39. The Morgan fingerprint density at radius 1 is 0.872 bits per heavy atom. The summed E-state index contributed by atoms with van der Waals surface area (Å²) >= 11 is 6.77. The van der Waals surface area contributed by atoms with E-state index in [1.807, 2.05) is 48.2 Å². The average molecular weight is 537 g/mol. The number of carbonyl (C=O) groups is 1. The van der Waals surface area contributed by atoms with Crippen LogP contribution >= 0.6 is 11.6 Å². The standard InChI is InChI=1S/C34H33ClN2O2/c1-23(36-19-18-24-10-4-6-14-29(24)33(36)30-15-7-8-16-31(30)35)34(39)37(22-27-13-5-9-17-32(27)38)28-20-25-11-2-3-12-26(25)21-28/h2-17,23,28,33,38H,18-22H2,1H3. The minimum atomic E-state index is -0.380. The lowest BCUT2D eigenvalue weighted by Crippen LogP contribution is -2.53. The first kappa shape index (κ1) is 25.7. The van der Waals surface area contributed by atoms with Gasteiger partial charge >= 0.3 is 0 Å². The minimum Gasteiger partial charge on any atom is -0.508 e. The molecule has 2 atom stereocenters. The Morgan fingerprint density at radius 2 is 1.46 bits per heavy atom. The number of benzene rings is 4. The molecule has 0 fully saturated rings. The molecule has 1 amide bonds. The Hall–Kier alpha value is -3.60. The van der Waals surface area contributed by atoms with Crippen molar-refractivity contribution in [1.82, 2.24) is 9.80 Å². The van der Waals surface area contributed by atoms with Crippen LogP contribution < -0.4 is 0 Å². The van der Waals surface area contributed by atoms with E-state index in [0.717, 1.165) is 36.9 Å². The molecule has 1 aliphatic heterocycles. The lowest BCUT2D eigenvalue weighted by molar-refractivity contribution is -0.140. The van der Waals surface area contributed by atoms with Crippen molar-refractivity contribution in [1.29, 1.82) is 0 Å². The van der Waals surface area contributed by atoms with E-state index in [1.54, 1.807) is 6.07 Å². The first-order chi connectivity index (χ1) is 19.0. The van der Waals surface area contributed by atoms with Crippen molar-refractivity contribution < 1.29 is 9.90 Å². The second kappa shape index (κ2) is 10.9. The van der Waals surface area contributed by atoms with Gasteiger partial charge in [0.15, 0.2) is 0 Å². The molecule has 4 nitrogen and oxygen atoms in total. The van der Waals surface area contributed by atoms with Crippen molar-refractivity contribution in [2.24, 2.45) is 0 Å². The molecule has 2 aliphatic rings. The number of amides is 1. The van der Waals surface area contributed by atoms with Gasteiger partial charge in [-0.3, -0.25) is 9.69 Å². The Bertz CT molecular complexity index is 1480. The van der Waals surface area contributed by atoms with Crippen molar-refractivity contribution in [3.63, 3.8) is 0 Å². The Kier molecular flexibility index (Phi) is 7.16. The van der Waals surface area contributed by atoms with Crippen molar-refractivity contribution in [2.45, 2.75) is 50.9 Å². The molecule has 6 rings (SSSR count). The monoisotopic (exact) mass is 536 g/mol. The number of aromatic hydroxyl groups is 1.